The Morgan fingerprint density at radius 2 is 2.06 bits per heavy atom. The molecule has 2 N–H and O–H groups in total. The molecule has 0 bridgehead atoms. The third kappa shape index (κ3) is 3.18. The van der Waals surface area contributed by atoms with Gasteiger partial charge in [-0.1, -0.05) is 6.92 Å². The molecule has 0 spiro atoms. The van der Waals surface area contributed by atoms with Crippen LogP contribution in [-0.4, -0.2) is 37.1 Å². The first kappa shape index (κ1) is 13.4. The van der Waals surface area contributed by atoms with Gasteiger partial charge in [0.15, 0.2) is 0 Å². The van der Waals surface area contributed by atoms with Gasteiger partial charge in [0.1, 0.15) is 0 Å². The number of rotatable bonds is 4. The van der Waals surface area contributed by atoms with Crippen molar-refractivity contribution >= 4 is 15.9 Å². The fraction of sp³-hybridized carbons (Fsp3) is 0.900. The Bertz CT molecular complexity index is 376. The van der Waals surface area contributed by atoms with Crippen molar-refractivity contribution in [2.75, 3.05) is 12.3 Å². The lowest BCUT2D eigenvalue weighted by Crippen LogP contribution is -2.44. The number of primary sulfonamides is 1. The van der Waals surface area contributed by atoms with E-state index in [-0.39, 0.29) is 23.1 Å². The lowest BCUT2D eigenvalue weighted by atomic mass is 10.00. The Morgan fingerprint density at radius 1 is 1.50 bits per heavy atom. The second kappa shape index (κ2) is 4.33. The summed E-state index contributed by atoms with van der Waals surface area (Å²) in [5.41, 5.74) is -0.204. The molecule has 0 aromatic carbocycles. The van der Waals surface area contributed by atoms with Gasteiger partial charge in [-0.25, -0.2) is 13.6 Å². The molecule has 1 aliphatic heterocycles. The Kier molecular flexibility index (Phi) is 3.64. The van der Waals surface area contributed by atoms with E-state index in [9.17, 15) is 13.2 Å². The lowest BCUT2D eigenvalue weighted by Gasteiger charge is -2.35. The van der Waals surface area contributed by atoms with E-state index >= 15 is 0 Å². The predicted molar refractivity (Wildman–Crippen MR) is 62.2 cm³/mol. The van der Waals surface area contributed by atoms with Crippen LogP contribution >= 0.6 is 0 Å². The van der Waals surface area contributed by atoms with Crippen LogP contribution in [0.5, 0.6) is 0 Å². The molecule has 1 heterocycles. The van der Waals surface area contributed by atoms with Crippen molar-refractivity contribution in [3.8, 4) is 0 Å². The van der Waals surface area contributed by atoms with Gasteiger partial charge in [-0.2, -0.15) is 0 Å². The number of sulfonamides is 1. The Balaban J connectivity index is 2.72. The molecule has 1 saturated heterocycles. The van der Waals surface area contributed by atoms with Gasteiger partial charge >= 0.3 is 0 Å². The van der Waals surface area contributed by atoms with Gasteiger partial charge in [0, 0.05) is 24.4 Å². The molecule has 6 heteroatoms. The summed E-state index contributed by atoms with van der Waals surface area (Å²) in [6.45, 7) is 6.49. The summed E-state index contributed by atoms with van der Waals surface area (Å²) in [5.74, 6) is -0.233. The van der Waals surface area contributed by atoms with Crippen LogP contribution < -0.4 is 5.14 Å². The molecule has 1 fully saturated rings. The molecule has 5 nitrogen and oxygen atoms in total. The number of carbonyl (C=O) groups excluding carboxylic acids is 1. The van der Waals surface area contributed by atoms with Crippen LogP contribution in [0.25, 0.3) is 0 Å². The van der Waals surface area contributed by atoms with E-state index in [1.54, 1.807) is 4.90 Å². The number of carbonyl (C=O) groups is 1. The predicted octanol–water partition coefficient (Wildman–Crippen LogP) is 0.312. The Labute approximate surface area is 97.0 Å². The largest absolute Gasteiger partial charge is 0.337 e. The first-order valence-corrected chi connectivity index (χ1v) is 7.18. The van der Waals surface area contributed by atoms with E-state index in [4.69, 9.17) is 5.14 Å². The molecule has 0 radical (unpaired) electrons. The maximum atomic E-state index is 11.8. The van der Waals surface area contributed by atoms with E-state index in [0.717, 1.165) is 6.42 Å². The molecule has 0 aromatic rings. The summed E-state index contributed by atoms with van der Waals surface area (Å²) in [4.78, 5) is 13.5. The van der Waals surface area contributed by atoms with Gasteiger partial charge < -0.3 is 4.90 Å². The molecular formula is C10H20N2O3S. The maximum Gasteiger partial charge on any atom is 0.223 e. The van der Waals surface area contributed by atoms with Crippen molar-refractivity contribution in [1.82, 2.24) is 4.90 Å². The first-order valence-electron chi connectivity index (χ1n) is 5.46. The first-order chi connectivity index (χ1) is 7.15. The molecule has 1 aliphatic rings. The average Bonchev–Trinajstić information content (AvgIpc) is 2.44. The van der Waals surface area contributed by atoms with Crippen LogP contribution in [0.4, 0.5) is 0 Å². The standard InChI is InChI=1S/C10H20N2O3S/c1-4-10(2,3)12-6-8(5-9(12)13)7-16(11,14)15/h8H,4-7H2,1-3H3,(H2,11,14,15). The highest BCUT2D eigenvalue weighted by Gasteiger charge is 2.38. The van der Waals surface area contributed by atoms with Crippen molar-refractivity contribution in [2.45, 2.75) is 39.2 Å². The van der Waals surface area contributed by atoms with E-state index in [0.29, 0.717) is 13.0 Å². The van der Waals surface area contributed by atoms with Crippen LogP contribution in [0.1, 0.15) is 33.6 Å². The molecule has 0 saturated carbocycles. The Morgan fingerprint density at radius 3 is 2.50 bits per heavy atom. The van der Waals surface area contributed by atoms with Crippen LogP contribution in [-0.2, 0) is 14.8 Å². The minimum atomic E-state index is -3.49. The average molecular weight is 248 g/mol. The van der Waals surface area contributed by atoms with Crippen LogP contribution in [0, 0.1) is 5.92 Å². The summed E-state index contributed by atoms with van der Waals surface area (Å²) < 4.78 is 21.9. The van der Waals surface area contributed by atoms with Crippen molar-refractivity contribution in [1.29, 1.82) is 0 Å². The molecule has 1 amide bonds. The summed E-state index contributed by atoms with van der Waals surface area (Å²) >= 11 is 0. The summed E-state index contributed by atoms with van der Waals surface area (Å²) in [5, 5.41) is 4.99. The topological polar surface area (TPSA) is 80.5 Å². The van der Waals surface area contributed by atoms with Gasteiger partial charge in [0.25, 0.3) is 0 Å². The highest BCUT2D eigenvalue weighted by atomic mass is 32.2. The third-order valence-corrected chi connectivity index (χ3v) is 4.21. The van der Waals surface area contributed by atoms with Gasteiger partial charge in [-0.3, -0.25) is 4.79 Å². The molecule has 1 atom stereocenters. The van der Waals surface area contributed by atoms with E-state index < -0.39 is 10.0 Å². The second-order valence-corrected chi connectivity index (χ2v) is 6.73. The third-order valence-electron chi connectivity index (χ3n) is 3.27. The second-order valence-electron chi connectivity index (χ2n) is 5.07. The monoisotopic (exact) mass is 248 g/mol. The molecule has 0 aromatic heterocycles. The normalized spacial score (nSPS) is 22.9. The Hall–Kier alpha value is -0.620. The number of hydrogen-bond acceptors (Lipinski definition) is 3. The van der Waals surface area contributed by atoms with Crippen molar-refractivity contribution in [3.05, 3.63) is 0 Å². The summed E-state index contributed by atoms with van der Waals surface area (Å²) in [6, 6.07) is 0. The smallest absolute Gasteiger partial charge is 0.223 e. The van der Waals surface area contributed by atoms with Gasteiger partial charge in [-0.05, 0) is 20.3 Å². The molecule has 1 unspecified atom stereocenters. The lowest BCUT2D eigenvalue weighted by molar-refractivity contribution is -0.132. The van der Waals surface area contributed by atoms with Crippen LogP contribution in [0.15, 0.2) is 0 Å². The van der Waals surface area contributed by atoms with Gasteiger partial charge in [0.2, 0.25) is 15.9 Å². The van der Waals surface area contributed by atoms with Gasteiger partial charge in [-0.15, -0.1) is 0 Å². The van der Waals surface area contributed by atoms with E-state index in [1.807, 2.05) is 20.8 Å². The molecular weight excluding hydrogens is 228 g/mol. The highest BCUT2D eigenvalue weighted by molar-refractivity contribution is 7.89. The van der Waals surface area contributed by atoms with Crippen molar-refractivity contribution in [3.63, 3.8) is 0 Å². The fourth-order valence-corrected chi connectivity index (χ4v) is 2.88. The molecule has 16 heavy (non-hydrogen) atoms. The zero-order valence-electron chi connectivity index (χ0n) is 10.1. The number of nitrogens with two attached hydrogens (primary N) is 1. The van der Waals surface area contributed by atoms with Crippen LogP contribution in [0.2, 0.25) is 0 Å². The molecule has 94 valence electrons. The minimum absolute atomic E-state index is 0.0282. The fourth-order valence-electron chi connectivity index (χ4n) is 2.00. The SMILES string of the molecule is CCC(C)(C)N1CC(CS(N)(=O)=O)CC1=O. The summed E-state index contributed by atoms with van der Waals surface area (Å²) in [7, 11) is -3.49. The van der Waals surface area contributed by atoms with E-state index in [2.05, 4.69) is 0 Å². The number of likely N-dealkylation sites (tertiary alicyclic amines) is 1. The number of nitrogens with zero attached hydrogens (tertiary/aromatic N) is 1. The number of hydrogen-bond donors (Lipinski definition) is 1. The van der Waals surface area contributed by atoms with E-state index in [1.165, 1.54) is 0 Å². The van der Waals surface area contributed by atoms with Crippen LogP contribution in [0.3, 0.4) is 0 Å². The maximum absolute atomic E-state index is 11.8. The zero-order chi connectivity index (χ0) is 12.6. The van der Waals surface area contributed by atoms with Crippen molar-refractivity contribution in [2.24, 2.45) is 11.1 Å². The van der Waals surface area contributed by atoms with Crippen molar-refractivity contribution < 1.29 is 13.2 Å². The zero-order valence-corrected chi connectivity index (χ0v) is 10.9. The van der Waals surface area contributed by atoms with Gasteiger partial charge in [0.05, 0.1) is 5.75 Å². The quantitative estimate of drug-likeness (QED) is 0.777. The molecule has 1 rings (SSSR count). The minimum Gasteiger partial charge on any atom is -0.337 e. The highest BCUT2D eigenvalue weighted by Crippen LogP contribution is 2.28. The number of amides is 1. The molecule has 0 aliphatic carbocycles. The summed E-state index contributed by atoms with van der Waals surface area (Å²) in [6.07, 6.45) is 1.14.